The standard InChI is InChI=1S/C13H16F3NO3.ClH/c1-3-10(12(18)19)17(2)8-9-6-4-5-7-11(9)20-13(14,15)16;/h4-7,10H,3,8H2,1-2H3,(H,18,19);1H. The van der Waals surface area contributed by atoms with Gasteiger partial charge in [0.05, 0.1) is 0 Å². The van der Waals surface area contributed by atoms with Crippen LogP contribution in [0.5, 0.6) is 5.75 Å². The van der Waals surface area contributed by atoms with Gasteiger partial charge in [0.2, 0.25) is 0 Å². The van der Waals surface area contributed by atoms with Gasteiger partial charge in [-0.1, -0.05) is 25.1 Å². The lowest BCUT2D eigenvalue weighted by atomic mass is 10.1. The summed E-state index contributed by atoms with van der Waals surface area (Å²) in [7, 11) is 1.55. The molecule has 120 valence electrons. The van der Waals surface area contributed by atoms with Crippen LogP contribution in [0.25, 0.3) is 0 Å². The molecule has 0 saturated heterocycles. The molecular formula is C13H17ClF3NO3. The van der Waals surface area contributed by atoms with Crippen LogP contribution in [0, 0.1) is 0 Å². The number of nitrogens with zero attached hydrogens (tertiary/aromatic N) is 1. The molecule has 0 amide bonds. The SMILES string of the molecule is CCC(C(=O)O)N(C)Cc1ccccc1OC(F)(F)F.Cl. The minimum Gasteiger partial charge on any atom is -0.480 e. The lowest BCUT2D eigenvalue weighted by Gasteiger charge is -2.24. The maximum Gasteiger partial charge on any atom is 0.573 e. The fourth-order valence-electron chi connectivity index (χ4n) is 1.91. The molecule has 0 aliphatic rings. The molecule has 0 fully saturated rings. The zero-order chi connectivity index (χ0) is 15.3. The van der Waals surface area contributed by atoms with E-state index in [9.17, 15) is 18.0 Å². The zero-order valence-electron chi connectivity index (χ0n) is 11.6. The summed E-state index contributed by atoms with van der Waals surface area (Å²) < 4.78 is 40.8. The Labute approximate surface area is 126 Å². The Hall–Kier alpha value is -1.47. The smallest absolute Gasteiger partial charge is 0.480 e. The molecule has 0 aromatic heterocycles. The first-order chi connectivity index (χ1) is 9.24. The van der Waals surface area contributed by atoms with Crippen LogP contribution in [0.3, 0.4) is 0 Å². The second-order valence-corrected chi connectivity index (χ2v) is 4.33. The number of benzene rings is 1. The quantitative estimate of drug-likeness (QED) is 0.871. The Morgan fingerprint density at radius 3 is 2.43 bits per heavy atom. The van der Waals surface area contributed by atoms with Crippen LogP contribution in [-0.4, -0.2) is 35.4 Å². The van der Waals surface area contributed by atoms with Crippen molar-refractivity contribution >= 4 is 18.4 Å². The summed E-state index contributed by atoms with van der Waals surface area (Å²) in [5.41, 5.74) is 0.284. The molecule has 8 heteroatoms. The van der Waals surface area contributed by atoms with Gasteiger partial charge >= 0.3 is 12.3 Å². The zero-order valence-corrected chi connectivity index (χ0v) is 12.4. The highest BCUT2D eigenvalue weighted by molar-refractivity contribution is 5.85. The van der Waals surface area contributed by atoms with Gasteiger partial charge in [-0.15, -0.1) is 25.6 Å². The fourth-order valence-corrected chi connectivity index (χ4v) is 1.91. The van der Waals surface area contributed by atoms with Crippen molar-refractivity contribution in [2.24, 2.45) is 0 Å². The molecule has 1 aromatic rings. The highest BCUT2D eigenvalue weighted by Crippen LogP contribution is 2.27. The predicted octanol–water partition coefficient (Wildman–Crippen LogP) is 3.30. The van der Waals surface area contributed by atoms with Crippen LogP contribution < -0.4 is 4.74 Å². The first kappa shape index (κ1) is 19.5. The first-order valence-corrected chi connectivity index (χ1v) is 6.01. The van der Waals surface area contributed by atoms with E-state index >= 15 is 0 Å². The highest BCUT2D eigenvalue weighted by atomic mass is 35.5. The monoisotopic (exact) mass is 327 g/mol. The summed E-state index contributed by atoms with van der Waals surface area (Å²) >= 11 is 0. The first-order valence-electron chi connectivity index (χ1n) is 6.01. The molecular weight excluding hydrogens is 311 g/mol. The van der Waals surface area contributed by atoms with Crippen LogP contribution in [0.4, 0.5) is 13.2 Å². The number of carboxylic acid groups (broad SMARTS) is 1. The third-order valence-corrected chi connectivity index (χ3v) is 2.82. The fraction of sp³-hybridized carbons (Fsp3) is 0.462. The summed E-state index contributed by atoms with van der Waals surface area (Å²) in [6, 6.07) is 4.94. The second-order valence-electron chi connectivity index (χ2n) is 4.33. The molecule has 1 N–H and O–H groups in total. The average Bonchev–Trinajstić information content (AvgIpc) is 2.30. The average molecular weight is 328 g/mol. The number of halogens is 4. The number of carboxylic acids is 1. The molecule has 0 aliphatic heterocycles. The van der Waals surface area contributed by atoms with Crippen LogP contribution in [0.2, 0.25) is 0 Å². The van der Waals surface area contributed by atoms with Gasteiger partial charge in [0.15, 0.2) is 0 Å². The summed E-state index contributed by atoms with van der Waals surface area (Å²) in [5.74, 6) is -1.32. The summed E-state index contributed by atoms with van der Waals surface area (Å²) in [5, 5.41) is 9.02. The van der Waals surface area contributed by atoms with E-state index in [0.717, 1.165) is 0 Å². The molecule has 21 heavy (non-hydrogen) atoms. The highest BCUT2D eigenvalue weighted by Gasteiger charge is 2.32. The van der Waals surface area contributed by atoms with E-state index < -0.39 is 18.4 Å². The molecule has 0 aliphatic carbocycles. The normalized spacial score (nSPS) is 12.7. The van der Waals surface area contributed by atoms with E-state index in [0.29, 0.717) is 6.42 Å². The molecule has 0 heterocycles. The second kappa shape index (κ2) is 8.09. The van der Waals surface area contributed by atoms with Crippen LogP contribution >= 0.6 is 12.4 Å². The largest absolute Gasteiger partial charge is 0.573 e. The number of carbonyl (C=O) groups is 1. The molecule has 1 rings (SSSR count). The lowest BCUT2D eigenvalue weighted by molar-refractivity contribution is -0.275. The van der Waals surface area contributed by atoms with E-state index in [1.807, 2.05) is 0 Å². The minimum absolute atomic E-state index is 0. The van der Waals surface area contributed by atoms with Gasteiger partial charge in [-0.25, -0.2) is 0 Å². The number of aliphatic carboxylic acids is 1. The van der Waals surface area contributed by atoms with Gasteiger partial charge in [0.1, 0.15) is 11.8 Å². The number of alkyl halides is 3. The molecule has 0 saturated carbocycles. The van der Waals surface area contributed by atoms with Crippen molar-refractivity contribution in [3.05, 3.63) is 29.8 Å². The molecule has 0 bridgehead atoms. The van der Waals surface area contributed by atoms with E-state index in [1.54, 1.807) is 20.0 Å². The summed E-state index contributed by atoms with van der Waals surface area (Å²) in [4.78, 5) is 12.5. The van der Waals surface area contributed by atoms with Crippen LogP contribution in [-0.2, 0) is 11.3 Å². The third kappa shape index (κ3) is 6.22. The molecule has 0 spiro atoms. The van der Waals surface area contributed by atoms with Crippen molar-refractivity contribution in [3.8, 4) is 5.75 Å². The Kier molecular flexibility index (Phi) is 7.52. The molecule has 1 unspecified atom stereocenters. The Bertz CT molecular complexity index is 468. The maximum absolute atomic E-state index is 12.3. The number of ether oxygens (including phenoxy) is 1. The maximum atomic E-state index is 12.3. The topological polar surface area (TPSA) is 49.8 Å². The summed E-state index contributed by atoms with van der Waals surface area (Å²) in [6.07, 6.45) is -4.42. The van der Waals surface area contributed by atoms with Crippen LogP contribution in [0.15, 0.2) is 24.3 Å². The number of rotatable bonds is 6. The molecule has 1 atom stereocenters. The predicted molar refractivity (Wildman–Crippen MR) is 73.6 cm³/mol. The molecule has 1 aromatic carbocycles. The number of para-hydroxylation sites is 1. The van der Waals surface area contributed by atoms with Gasteiger partial charge in [-0.05, 0) is 19.5 Å². The van der Waals surface area contributed by atoms with Gasteiger partial charge in [-0.2, -0.15) is 0 Å². The Morgan fingerprint density at radius 2 is 1.95 bits per heavy atom. The van der Waals surface area contributed by atoms with Crippen molar-refractivity contribution < 1.29 is 27.8 Å². The Balaban J connectivity index is 0.00000400. The van der Waals surface area contributed by atoms with Crippen molar-refractivity contribution in [1.29, 1.82) is 0 Å². The summed E-state index contributed by atoms with van der Waals surface area (Å²) in [6.45, 7) is 1.75. The third-order valence-electron chi connectivity index (χ3n) is 2.82. The number of hydrogen-bond donors (Lipinski definition) is 1. The van der Waals surface area contributed by atoms with E-state index in [-0.39, 0.29) is 30.3 Å². The molecule has 4 nitrogen and oxygen atoms in total. The van der Waals surface area contributed by atoms with Crippen molar-refractivity contribution in [1.82, 2.24) is 4.90 Å². The van der Waals surface area contributed by atoms with E-state index in [1.165, 1.54) is 23.1 Å². The van der Waals surface area contributed by atoms with Crippen molar-refractivity contribution in [2.45, 2.75) is 32.3 Å². The van der Waals surface area contributed by atoms with E-state index in [4.69, 9.17) is 5.11 Å². The van der Waals surface area contributed by atoms with Crippen molar-refractivity contribution in [3.63, 3.8) is 0 Å². The number of likely N-dealkylation sites (N-methyl/N-ethyl adjacent to an activating group) is 1. The van der Waals surface area contributed by atoms with Crippen LogP contribution in [0.1, 0.15) is 18.9 Å². The van der Waals surface area contributed by atoms with Crippen molar-refractivity contribution in [2.75, 3.05) is 7.05 Å². The molecule has 0 radical (unpaired) electrons. The Morgan fingerprint density at radius 1 is 1.38 bits per heavy atom. The van der Waals surface area contributed by atoms with Gasteiger partial charge in [-0.3, -0.25) is 9.69 Å². The van der Waals surface area contributed by atoms with Gasteiger partial charge < -0.3 is 9.84 Å². The number of hydrogen-bond acceptors (Lipinski definition) is 3. The minimum atomic E-state index is -4.77. The van der Waals surface area contributed by atoms with Gasteiger partial charge in [0.25, 0.3) is 0 Å². The van der Waals surface area contributed by atoms with Gasteiger partial charge in [0, 0.05) is 12.1 Å². The lowest BCUT2D eigenvalue weighted by Crippen LogP contribution is -2.37. The van der Waals surface area contributed by atoms with E-state index in [2.05, 4.69) is 4.74 Å².